The van der Waals surface area contributed by atoms with Gasteiger partial charge in [0.05, 0.1) is 0 Å². The van der Waals surface area contributed by atoms with Crippen molar-refractivity contribution in [1.82, 2.24) is 14.5 Å². The van der Waals surface area contributed by atoms with Crippen molar-refractivity contribution >= 4 is 0 Å². The average molecular weight is 285 g/mol. The van der Waals surface area contributed by atoms with Crippen LogP contribution in [0.3, 0.4) is 0 Å². The van der Waals surface area contributed by atoms with Gasteiger partial charge in [-0.1, -0.05) is 24.3 Å². The number of aromatic nitrogens is 2. The largest absolute Gasteiger partial charge is 0.330 e. The first kappa shape index (κ1) is 13.8. The van der Waals surface area contributed by atoms with Gasteiger partial charge in [0, 0.05) is 38.4 Å². The van der Waals surface area contributed by atoms with Crippen LogP contribution < -0.4 is 16.6 Å². The maximum absolute atomic E-state index is 11.9. The normalized spacial score (nSPS) is 14.4. The van der Waals surface area contributed by atoms with E-state index in [1.165, 1.54) is 28.8 Å². The standard InChI is InChI=1S/C16H19N3O2/c1-18-14(9-15(20)19(2)16(18)21)10-17-13-7-11-5-3-4-6-12(11)8-13/h3-6,9,13,17H,7-8,10H2,1-2H3. The zero-order valence-electron chi connectivity index (χ0n) is 12.3. The molecule has 0 spiro atoms. The summed E-state index contributed by atoms with van der Waals surface area (Å²) < 4.78 is 2.64. The van der Waals surface area contributed by atoms with E-state index in [2.05, 4.69) is 29.6 Å². The Hall–Kier alpha value is -2.14. The maximum atomic E-state index is 11.9. The lowest BCUT2D eigenvalue weighted by Crippen LogP contribution is -2.40. The fourth-order valence-corrected chi connectivity index (χ4v) is 2.90. The van der Waals surface area contributed by atoms with Crippen LogP contribution in [0.2, 0.25) is 0 Å². The maximum Gasteiger partial charge on any atom is 0.330 e. The van der Waals surface area contributed by atoms with Crippen LogP contribution in [-0.2, 0) is 33.5 Å². The van der Waals surface area contributed by atoms with Crippen molar-refractivity contribution in [3.05, 3.63) is 68.0 Å². The van der Waals surface area contributed by atoms with Crippen LogP contribution in [0.25, 0.3) is 0 Å². The Morgan fingerprint density at radius 3 is 2.33 bits per heavy atom. The highest BCUT2D eigenvalue weighted by Gasteiger charge is 2.20. The third kappa shape index (κ3) is 2.56. The van der Waals surface area contributed by atoms with Gasteiger partial charge in [-0.15, -0.1) is 0 Å². The quantitative estimate of drug-likeness (QED) is 0.885. The van der Waals surface area contributed by atoms with Crippen LogP contribution in [0.5, 0.6) is 0 Å². The molecule has 5 heteroatoms. The van der Waals surface area contributed by atoms with E-state index in [4.69, 9.17) is 0 Å². The van der Waals surface area contributed by atoms with Crippen LogP contribution in [0.4, 0.5) is 0 Å². The van der Waals surface area contributed by atoms with E-state index in [1.54, 1.807) is 7.05 Å². The highest BCUT2D eigenvalue weighted by molar-refractivity contribution is 5.33. The highest BCUT2D eigenvalue weighted by Crippen LogP contribution is 2.21. The fourth-order valence-electron chi connectivity index (χ4n) is 2.90. The minimum atomic E-state index is -0.283. The highest BCUT2D eigenvalue weighted by atomic mass is 16.2. The zero-order chi connectivity index (χ0) is 15.0. The van der Waals surface area contributed by atoms with Crippen LogP contribution in [0.1, 0.15) is 16.8 Å². The van der Waals surface area contributed by atoms with Crippen LogP contribution in [-0.4, -0.2) is 15.2 Å². The Kier molecular flexibility index (Phi) is 3.51. The molecule has 1 aliphatic rings. The predicted molar refractivity (Wildman–Crippen MR) is 81.4 cm³/mol. The van der Waals surface area contributed by atoms with Gasteiger partial charge in [0.15, 0.2) is 0 Å². The summed E-state index contributed by atoms with van der Waals surface area (Å²) in [4.78, 5) is 23.6. The van der Waals surface area contributed by atoms with Crippen molar-refractivity contribution in [3.63, 3.8) is 0 Å². The Bertz CT molecular complexity index is 764. The Balaban J connectivity index is 1.73. The van der Waals surface area contributed by atoms with Gasteiger partial charge in [-0.05, 0) is 24.0 Å². The van der Waals surface area contributed by atoms with Crippen molar-refractivity contribution in [2.24, 2.45) is 14.1 Å². The lowest BCUT2D eigenvalue weighted by Gasteiger charge is -2.14. The average Bonchev–Trinajstić information content (AvgIpc) is 2.90. The Labute approximate surface area is 122 Å². The van der Waals surface area contributed by atoms with E-state index in [9.17, 15) is 9.59 Å². The fraction of sp³-hybridized carbons (Fsp3) is 0.375. The molecule has 0 radical (unpaired) electrons. The SMILES string of the molecule is Cn1c(CNC2Cc3ccccc3C2)cc(=O)n(C)c1=O. The molecule has 1 aromatic carbocycles. The lowest BCUT2D eigenvalue weighted by atomic mass is 10.1. The number of hydrogen-bond donors (Lipinski definition) is 1. The van der Waals surface area contributed by atoms with E-state index in [-0.39, 0.29) is 11.2 Å². The van der Waals surface area contributed by atoms with Gasteiger partial charge in [0.2, 0.25) is 0 Å². The predicted octanol–water partition coefficient (Wildman–Crippen LogP) is 0.341. The first-order chi connectivity index (χ1) is 10.1. The second-order valence-corrected chi connectivity index (χ2v) is 5.63. The molecule has 0 saturated carbocycles. The Morgan fingerprint density at radius 2 is 1.71 bits per heavy atom. The van der Waals surface area contributed by atoms with Gasteiger partial charge in [-0.3, -0.25) is 13.9 Å². The molecule has 0 amide bonds. The van der Waals surface area contributed by atoms with Gasteiger partial charge in [0.25, 0.3) is 5.56 Å². The summed E-state index contributed by atoms with van der Waals surface area (Å²) in [6.07, 6.45) is 1.99. The molecule has 0 bridgehead atoms. The minimum Gasteiger partial charge on any atom is -0.308 e. The van der Waals surface area contributed by atoms with E-state index in [0.717, 1.165) is 23.1 Å². The number of rotatable bonds is 3. The number of fused-ring (bicyclic) bond motifs is 1. The summed E-state index contributed by atoms with van der Waals surface area (Å²) in [6.45, 7) is 0.528. The van der Waals surface area contributed by atoms with E-state index in [0.29, 0.717) is 12.6 Å². The third-order valence-electron chi connectivity index (χ3n) is 4.25. The molecule has 21 heavy (non-hydrogen) atoms. The van der Waals surface area contributed by atoms with E-state index >= 15 is 0 Å². The molecule has 5 nitrogen and oxygen atoms in total. The minimum absolute atomic E-state index is 0.260. The number of nitrogens with zero attached hydrogens (tertiary/aromatic N) is 2. The molecule has 1 aliphatic carbocycles. The van der Waals surface area contributed by atoms with Crippen molar-refractivity contribution < 1.29 is 0 Å². The van der Waals surface area contributed by atoms with Gasteiger partial charge in [-0.2, -0.15) is 0 Å². The molecular weight excluding hydrogens is 266 g/mol. The number of benzene rings is 1. The molecule has 0 fully saturated rings. The van der Waals surface area contributed by atoms with Crippen molar-refractivity contribution in [2.75, 3.05) is 0 Å². The first-order valence-electron chi connectivity index (χ1n) is 7.12. The summed E-state index contributed by atoms with van der Waals surface area (Å²) in [5.41, 5.74) is 2.94. The molecule has 1 heterocycles. The molecule has 0 unspecified atom stereocenters. The van der Waals surface area contributed by atoms with Crippen LogP contribution in [0.15, 0.2) is 39.9 Å². The van der Waals surface area contributed by atoms with Crippen molar-refractivity contribution in [3.8, 4) is 0 Å². The van der Waals surface area contributed by atoms with E-state index < -0.39 is 0 Å². The zero-order valence-corrected chi connectivity index (χ0v) is 12.3. The lowest BCUT2D eigenvalue weighted by molar-refractivity contribution is 0.510. The molecule has 1 N–H and O–H groups in total. The summed E-state index contributed by atoms with van der Waals surface area (Å²) >= 11 is 0. The van der Waals surface area contributed by atoms with Crippen LogP contribution in [0, 0.1) is 0 Å². The van der Waals surface area contributed by atoms with Crippen molar-refractivity contribution in [1.29, 1.82) is 0 Å². The third-order valence-corrected chi connectivity index (χ3v) is 4.25. The molecule has 110 valence electrons. The van der Waals surface area contributed by atoms with Gasteiger partial charge < -0.3 is 5.32 Å². The van der Waals surface area contributed by atoms with E-state index in [1.807, 2.05) is 0 Å². The molecule has 0 aliphatic heterocycles. The Morgan fingerprint density at radius 1 is 1.10 bits per heavy atom. The second-order valence-electron chi connectivity index (χ2n) is 5.63. The molecule has 3 rings (SSSR count). The summed E-state index contributed by atoms with van der Waals surface area (Å²) in [5.74, 6) is 0. The summed E-state index contributed by atoms with van der Waals surface area (Å²) in [7, 11) is 3.19. The summed E-state index contributed by atoms with van der Waals surface area (Å²) in [5, 5.41) is 3.45. The molecule has 0 saturated heterocycles. The summed E-state index contributed by atoms with van der Waals surface area (Å²) in [6, 6.07) is 10.3. The van der Waals surface area contributed by atoms with Crippen molar-refractivity contribution in [2.45, 2.75) is 25.4 Å². The number of hydrogen-bond acceptors (Lipinski definition) is 3. The second kappa shape index (κ2) is 5.33. The molecule has 2 aromatic rings. The monoisotopic (exact) mass is 285 g/mol. The molecular formula is C16H19N3O2. The molecule has 1 aromatic heterocycles. The first-order valence-corrected chi connectivity index (χ1v) is 7.12. The number of nitrogens with one attached hydrogen (secondary N) is 1. The van der Waals surface area contributed by atoms with Gasteiger partial charge in [0.1, 0.15) is 0 Å². The topological polar surface area (TPSA) is 56.0 Å². The van der Waals surface area contributed by atoms with Crippen LogP contribution >= 0.6 is 0 Å². The van der Waals surface area contributed by atoms with Gasteiger partial charge >= 0.3 is 5.69 Å². The molecule has 0 atom stereocenters. The smallest absolute Gasteiger partial charge is 0.308 e. The van der Waals surface area contributed by atoms with Gasteiger partial charge in [-0.25, -0.2) is 4.79 Å².